The molecule has 1 aliphatic heterocycles. The minimum Gasteiger partial charge on any atom is -0.465 e. The molecule has 31 heavy (non-hydrogen) atoms. The standard InChI is InChI=1S/C19H22F3NO7S/c1-18(2,3)29-17(25)23-7-5-6-12(11-23)13-8-14(16(24)28-4)10-15(9-13)30-31(26,27)19(20,21)22/h6,8-10H,5,7,11H2,1-4H3. The molecule has 0 saturated heterocycles. The van der Waals surface area contributed by atoms with E-state index in [1.165, 1.54) is 11.0 Å². The van der Waals surface area contributed by atoms with Crippen molar-refractivity contribution in [1.82, 2.24) is 4.90 Å². The molecule has 172 valence electrons. The first kappa shape index (κ1) is 24.5. The molecule has 0 aromatic heterocycles. The van der Waals surface area contributed by atoms with Gasteiger partial charge in [-0.3, -0.25) is 0 Å². The highest BCUT2D eigenvalue weighted by Gasteiger charge is 2.48. The maximum absolute atomic E-state index is 12.7. The summed E-state index contributed by atoms with van der Waals surface area (Å²) in [6.45, 7) is 5.49. The molecule has 1 heterocycles. The third-order valence-corrected chi connectivity index (χ3v) is 4.97. The molecule has 8 nitrogen and oxygen atoms in total. The molecule has 0 spiro atoms. The van der Waals surface area contributed by atoms with Crippen LogP contribution in [0.2, 0.25) is 0 Å². The van der Waals surface area contributed by atoms with Crippen LogP contribution in [0.1, 0.15) is 43.1 Å². The Morgan fingerprint density at radius 2 is 1.74 bits per heavy atom. The Bertz CT molecular complexity index is 995. The summed E-state index contributed by atoms with van der Waals surface area (Å²) in [5.41, 5.74) is -5.93. The van der Waals surface area contributed by atoms with Gasteiger partial charge in [0.05, 0.1) is 12.7 Å². The molecule has 0 saturated carbocycles. The SMILES string of the molecule is COC(=O)c1cc(OS(=O)(=O)C(F)(F)F)cc(C2=CCCN(C(=O)OC(C)(C)C)C2)c1. The predicted molar refractivity (Wildman–Crippen MR) is 104 cm³/mol. The Morgan fingerprint density at radius 1 is 1.10 bits per heavy atom. The maximum atomic E-state index is 12.7. The van der Waals surface area contributed by atoms with Crippen LogP contribution >= 0.6 is 0 Å². The molecule has 0 bridgehead atoms. The molecule has 0 N–H and O–H groups in total. The lowest BCUT2D eigenvalue weighted by Crippen LogP contribution is -2.39. The molecule has 0 fully saturated rings. The van der Waals surface area contributed by atoms with E-state index in [1.807, 2.05) is 0 Å². The minimum atomic E-state index is -5.95. The Hall–Kier alpha value is -2.76. The van der Waals surface area contributed by atoms with Gasteiger partial charge in [0.1, 0.15) is 11.4 Å². The number of hydrogen-bond acceptors (Lipinski definition) is 7. The van der Waals surface area contributed by atoms with E-state index in [4.69, 9.17) is 4.74 Å². The Balaban J connectivity index is 2.40. The van der Waals surface area contributed by atoms with Gasteiger partial charge >= 0.3 is 27.7 Å². The van der Waals surface area contributed by atoms with Crippen molar-refractivity contribution in [2.75, 3.05) is 20.2 Å². The molecule has 2 rings (SSSR count). The van der Waals surface area contributed by atoms with Crippen molar-refractivity contribution in [3.63, 3.8) is 0 Å². The summed E-state index contributed by atoms with van der Waals surface area (Å²) in [6, 6.07) is 3.18. The van der Waals surface area contributed by atoms with Crippen LogP contribution in [-0.4, -0.2) is 56.7 Å². The third kappa shape index (κ3) is 6.36. The van der Waals surface area contributed by atoms with Gasteiger partial charge in [0.15, 0.2) is 0 Å². The Labute approximate surface area is 177 Å². The van der Waals surface area contributed by atoms with Gasteiger partial charge < -0.3 is 18.6 Å². The first-order valence-electron chi connectivity index (χ1n) is 9.04. The van der Waals surface area contributed by atoms with Crippen LogP contribution in [-0.2, 0) is 19.6 Å². The fourth-order valence-electron chi connectivity index (χ4n) is 2.68. The van der Waals surface area contributed by atoms with Gasteiger partial charge in [0, 0.05) is 13.1 Å². The normalized spacial score (nSPS) is 15.2. The van der Waals surface area contributed by atoms with Crippen molar-refractivity contribution in [3.8, 4) is 5.75 Å². The summed E-state index contributed by atoms with van der Waals surface area (Å²) in [6.07, 6.45) is 1.55. The number of esters is 1. The largest absolute Gasteiger partial charge is 0.534 e. The fourth-order valence-corrected chi connectivity index (χ4v) is 3.12. The van der Waals surface area contributed by atoms with Crippen molar-refractivity contribution in [3.05, 3.63) is 35.4 Å². The summed E-state index contributed by atoms with van der Waals surface area (Å²) in [5, 5.41) is 0. The van der Waals surface area contributed by atoms with E-state index in [1.54, 1.807) is 26.8 Å². The van der Waals surface area contributed by atoms with Crippen LogP contribution in [0.3, 0.4) is 0 Å². The maximum Gasteiger partial charge on any atom is 0.534 e. The molecular formula is C19H22F3NO7S. The zero-order valence-corrected chi connectivity index (χ0v) is 18.1. The Kier molecular flexibility index (Phi) is 6.94. The third-order valence-electron chi connectivity index (χ3n) is 3.99. The zero-order valence-electron chi connectivity index (χ0n) is 17.3. The lowest BCUT2D eigenvalue weighted by atomic mass is 9.99. The highest BCUT2D eigenvalue weighted by Crippen LogP contribution is 2.31. The highest BCUT2D eigenvalue weighted by molar-refractivity contribution is 7.88. The smallest absolute Gasteiger partial charge is 0.465 e. The number of benzene rings is 1. The summed E-state index contributed by atoms with van der Waals surface area (Å²) in [7, 11) is -4.89. The topological polar surface area (TPSA) is 99.2 Å². The molecule has 12 heteroatoms. The number of halogens is 3. The average molecular weight is 465 g/mol. The van der Waals surface area contributed by atoms with E-state index in [-0.39, 0.29) is 17.7 Å². The number of alkyl halides is 3. The van der Waals surface area contributed by atoms with Crippen LogP contribution in [0.5, 0.6) is 5.75 Å². The van der Waals surface area contributed by atoms with Crippen LogP contribution in [0.25, 0.3) is 5.57 Å². The summed E-state index contributed by atoms with van der Waals surface area (Å²) in [4.78, 5) is 25.7. The van der Waals surface area contributed by atoms with Gasteiger partial charge in [-0.15, -0.1) is 0 Å². The van der Waals surface area contributed by atoms with Crippen molar-refractivity contribution in [2.45, 2.75) is 38.3 Å². The van der Waals surface area contributed by atoms with Gasteiger partial charge in [0.25, 0.3) is 0 Å². The van der Waals surface area contributed by atoms with Crippen LogP contribution in [0, 0.1) is 0 Å². The molecular weight excluding hydrogens is 443 g/mol. The van der Waals surface area contributed by atoms with Crippen molar-refractivity contribution >= 4 is 27.8 Å². The van der Waals surface area contributed by atoms with Crippen LogP contribution < -0.4 is 4.18 Å². The average Bonchev–Trinajstić information content (AvgIpc) is 2.64. The molecule has 0 radical (unpaired) electrons. The Morgan fingerprint density at radius 3 is 2.29 bits per heavy atom. The van der Waals surface area contributed by atoms with E-state index in [0.717, 1.165) is 19.2 Å². The molecule has 0 atom stereocenters. The second-order valence-corrected chi connectivity index (χ2v) is 9.18. The molecule has 1 aliphatic rings. The van der Waals surface area contributed by atoms with E-state index >= 15 is 0 Å². The monoisotopic (exact) mass is 465 g/mol. The quantitative estimate of drug-likeness (QED) is 0.380. The number of hydrogen-bond donors (Lipinski definition) is 0. The number of carbonyl (C=O) groups excluding carboxylic acids is 2. The van der Waals surface area contributed by atoms with E-state index < -0.39 is 39.0 Å². The second kappa shape index (κ2) is 8.77. The molecule has 0 aliphatic carbocycles. The summed E-state index contributed by atoms with van der Waals surface area (Å²) in [5.74, 6) is -1.62. The number of nitrogens with zero attached hydrogens (tertiary/aromatic N) is 1. The van der Waals surface area contributed by atoms with Gasteiger partial charge in [-0.25, -0.2) is 9.59 Å². The minimum absolute atomic E-state index is 0.0327. The highest BCUT2D eigenvalue weighted by atomic mass is 32.2. The van der Waals surface area contributed by atoms with E-state index in [9.17, 15) is 31.2 Å². The first-order valence-corrected chi connectivity index (χ1v) is 10.5. The molecule has 1 aromatic carbocycles. The second-order valence-electron chi connectivity index (χ2n) is 7.64. The van der Waals surface area contributed by atoms with Crippen LogP contribution in [0.4, 0.5) is 18.0 Å². The van der Waals surface area contributed by atoms with Gasteiger partial charge in [-0.05, 0) is 56.5 Å². The van der Waals surface area contributed by atoms with Crippen molar-refractivity contribution in [2.24, 2.45) is 0 Å². The number of carbonyl (C=O) groups is 2. The molecule has 1 amide bonds. The lowest BCUT2D eigenvalue weighted by Gasteiger charge is -2.30. The van der Waals surface area contributed by atoms with Gasteiger partial charge in [0.2, 0.25) is 0 Å². The first-order chi connectivity index (χ1) is 14.1. The molecule has 1 aromatic rings. The number of rotatable bonds is 4. The number of methoxy groups -OCH3 is 1. The molecule has 0 unspecified atom stereocenters. The number of amides is 1. The van der Waals surface area contributed by atoms with Crippen molar-refractivity contribution in [1.29, 1.82) is 0 Å². The van der Waals surface area contributed by atoms with Crippen LogP contribution in [0.15, 0.2) is 24.3 Å². The van der Waals surface area contributed by atoms with Crippen molar-refractivity contribution < 1.29 is 44.8 Å². The van der Waals surface area contributed by atoms with E-state index in [2.05, 4.69) is 8.92 Å². The number of ether oxygens (including phenoxy) is 2. The van der Waals surface area contributed by atoms with Gasteiger partial charge in [-0.1, -0.05) is 6.08 Å². The van der Waals surface area contributed by atoms with Gasteiger partial charge in [-0.2, -0.15) is 21.6 Å². The summed E-state index contributed by atoms with van der Waals surface area (Å²) < 4.78 is 75.0. The summed E-state index contributed by atoms with van der Waals surface area (Å²) >= 11 is 0. The lowest BCUT2D eigenvalue weighted by molar-refractivity contribution is -0.0500. The fraction of sp³-hybridized carbons (Fsp3) is 0.474. The van der Waals surface area contributed by atoms with E-state index in [0.29, 0.717) is 18.5 Å². The zero-order chi connectivity index (χ0) is 23.6. The predicted octanol–water partition coefficient (Wildman–Crippen LogP) is 3.73.